The lowest BCUT2D eigenvalue weighted by molar-refractivity contribution is -0.115. The first kappa shape index (κ1) is 17.8. The number of hydrogen-bond acceptors (Lipinski definition) is 4. The summed E-state index contributed by atoms with van der Waals surface area (Å²) in [5.41, 5.74) is 1.28. The maximum absolute atomic E-state index is 13.6. The van der Waals surface area contributed by atoms with Crippen LogP contribution in [0.25, 0.3) is 10.2 Å². The quantitative estimate of drug-likeness (QED) is 0.560. The first-order valence-corrected chi connectivity index (χ1v) is 9.51. The predicted molar refractivity (Wildman–Crippen MR) is 102 cm³/mol. The summed E-state index contributed by atoms with van der Waals surface area (Å²) >= 11 is 4.69. The third kappa shape index (κ3) is 4.35. The smallest absolute Gasteiger partial charge is 0.239 e. The molecule has 1 heterocycles. The SMILES string of the molecule is CC[C@@H](Br)C(=O)Nc1nc2ccc(OCc3ccccc3F)cc2s1. The molecule has 25 heavy (non-hydrogen) atoms. The Morgan fingerprint density at radius 2 is 2.16 bits per heavy atom. The average molecular weight is 423 g/mol. The molecule has 1 atom stereocenters. The number of carbonyl (C=O) groups is 1. The number of nitrogens with one attached hydrogen (secondary N) is 1. The molecule has 0 fully saturated rings. The summed E-state index contributed by atoms with van der Waals surface area (Å²) in [7, 11) is 0. The monoisotopic (exact) mass is 422 g/mol. The van der Waals surface area contributed by atoms with Gasteiger partial charge in [-0.25, -0.2) is 9.37 Å². The van der Waals surface area contributed by atoms with Crippen LogP contribution in [0.5, 0.6) is 5.75 Å². The second-order valence-corrected chi connectivity index (χ2v) is 7.53. The molecule has 130 valence electrons. The van der Waals surface area contributed by atoms with Gasteiger partial charge in [0.25, 0.3) is 0 Å². The molecule has 3 rings (SSSR count). The number of anilines is 1. The molecule has 1 amide bonds. The fraction of sp³-hybridized carbons (Fsp3) is 0.222. The molecule has 3 aromatic rings. The number of benzene rings is 2. The normalized spacial score (nSPS) is 12.1. The van der Waals surface area contributed by atoms with Crippen molar-refractivity contribution in [3.05, 3.63) is 53.8 Å². The number of ether oxygens (including phenoxy) is 1. The minimum atomic E-state index is -0.286. The summed E-state index contributed by atoms with van der Waals surface area (Å²) in [6, 6.07) is 12.0. The minimum Gasteiger partial charge on any atom is -0.489 e. The summed E-state index contributed by atoms with van der Waals surface area (Å²) in [6.45, 7) is 2.08. The highest BCUT2D eigenvalue weighted by molar-refractivity contribution is 9.10. The summed E-state index contributed by atoms with van der Waals surface area (Å²) in [5.74, 6) is 0.230. The zero-order valence-electron chi connectivity index (χ0n) is 13.5. The fourth-order valence-corrected chi connectivity index (χ4v) is 3.21. The van der Waals surface area contributed by atoms with Crippen LogP contribution in [0.2, 0.25) is 0 Å². The molecule has 0 aliphatic carbocycles. The lowest BCUT2D eigenvalue weighted by Crippen LogP contribution is -2.21. The molecule has 1 aromatic heterocycles. The number of rotatable bonds is 6. The van der Waals surface area contributed by atoms with Gasteiger partial charge in [-0.1, -0.05) is 52.4 Å². The third-order valence-electron chi connectivity index (χ3n) is 3.59. The van der Waals surface area contributed by atoms with Crippen molar-refractivity contribution < 1.29 is 13.9 Å². The van der Waals surface area contributed by atoms with E-state index in [1.807, 2.05) is 19.1 Å². The Kier molecular flexibility index (Phi) is 5.65. The van der Waals surface area contributed by atoms with Crippen molar-refractivity contribution in [3.63, 3.8) is 0 Å². The van der Waals surface area contributed by atoms with E-state index in [0.717, 1.165) is 10.2 Å². The number of carbonyl (C=O) groups excluding carboxylic acids is 1. The molecular weight excluding hydrogens is 407 g/mol. The van der Waals surface area contributed by atoms with Crippen LogP contribution in [-0.4, -0.2) is 15.7 Å². The Bertz CT molecular complexity index is 900. The van der Waals surface area contributed by atoms with Crippen LogP contribution in [0.3, 0.4) is 0 Å². The second-order valence-electron chi connectivity index (χ2n) is 5.39. The largest absolute Gasteiger partial charge is 0.489 e. The number of halogens is 2. The average Bonchev–Trinajstić information content (AvgIpc) is 3.01. The van der Waals surface area contributed by atoms with Gasteiger partial charge >= 0.3 is 0 Å². The lowest BCUT2D eigenvalue weighted by Gasteiger charge is -2.06. The molecule has 0 aliphatic heterocycles. The van der Waals surface area contributed by atoms with Crippen molar-refractivity contribution in [1.29, 1.82) is 0 Å². The van der Waals surface area contributed by atoms with Crippen LogP contribution < -0.4 is 10.1 Å². The minimum absolute atomic E-state index is 0.113. The zero-order chi connectivity index (χ0) is 17.8. The van der Waals surface area contributed by atoms with E-state index in [1.54, 1.807) is 24.3 Å². The number of alkyl halides is 1. The molecule has 0 saturated heterocycles. The van der Waals surface area contributed by atoms with Crippen LogP contribution in [0.15, 0.2) is 42.5 Å². The van der Waals surface area contributed by atoms with Crippen molar-refractivity contribution in [1.82, 2.24) is 4.98 Å². The molecule has 0 spiro atoms. The zero-order valence-corrected chi connectivity index (χ0v) is 15.9. The topological polar surface area (TPSA) is 51.2 Å². The Morgan fingerprint density at radius 1 is 1.36 bits per heavy atom. The van der Waals surface area contributed by atoms with E-state index in [9.17, 15) is 9.18 Å². The van der Waals surface area contributed by atoms with Crippen molar-refractivity contribution in [2.75, 3.05) is 5.32 Å². The highest BCUT2D eigenvalue weighted by Crippen LogP contribution is 2.30. The van der Waals surface area contributed by atoms with Gasteiger partial charge in [-0.15, -0.1) is 0 Å². The van der Waals surface area contributed by atoms with E-state index in [0.29, 0.717) is 22.9 Å². The maximum Gasteiger partial charge on any atom is 0.239 e. The molecule has 0 unspecified atom stereocenters. The Labute approximate surface area is 157 Å². The van der Waals surface area contributed by atoms with Crippen molar-refractivity contribution in [2.45, 2.75) is 24.8 Å². The van der Waals surface area contributed by atoms with Crippen molar-refractivity contribution >= 4 is 48.5 Å². The first-order valence-electron chi connectivity index (χ1n) is 7.78. The molecule has 2 aromatic carbocycles. The number of nitrogens with zero attached hydrogens (tertiary/aromatic N) is 1. The number of amides is 1. The number of fused-ring (bicyclic) bond motifs is 1. The predicted octanol–water partition coefficient (Wildman–Crippen LogP) is 5.13. The van der Waals surface area contributed by atoms with Crippen LogP contribution >= 0.6 is 27.3 Å². The van der Waals surface area contributed by atoms with Gasteiger partial charge < -0.3 is 10.1 Å². The summed E-state index contributed by atoms with van der Waals surface area (Å²) < 4.78 is 20.2. The Balaban J connectivity index is 1.72. The van der Waals surface area contributed by atoms with E-state index < -0.39 is 0 Å². The van der Waals surface area contributed by atoms with Gasteiger partial charge in [0.05, 0.1) is 15.0 Å². The van der Waals surface area contributed by atoms with Crippen molar-refractivity contribution in [2.24, 2.45) is 0 Å². The van der Waals surface area contributed by atoms with Crippen LogP contribution in [0.1, 0.15) is 18.9 Å². The van der Waals surface area contributed by atoms with Crippen molar-refractivity contribution in [3.8, 4) is 5.75 Å². The number of aromatic nitrogens is 1. The van der Waals surface area contributed by atoms with Gasteiger partial charge in [-0.3, -0.25) is 4.79 Å². The van der Waals surface area contributed by atoms with E-state index in [2.05, 4.69) is 26.2 Å². The van der Waals surface area contributed by atoms with Crippen LogP contribution in [-0.2, 0) is 11.4 Å². The third-order valence-corrected chi connectivity index (χ3v) is 5.58. The Hall–Kier alpha value is -1.99. The first-order chi connectivity index (χ1) is 12.1. The highest BCUT2D eigenvalue weighted by Gasteiger charge is 2.15. The molecular formula is C18H16BrFN2O2S. The fourth-order valence-electron chi connectivity index (χ4n) is 2.19. The van der Waals surface area contributed by atoms with E-state index in [4.69, 9.17) is 4.74 Å². The molecule has 1 N–H and O–H groups in total. The summed E-state index contributed by atoms with van der Waals surface area (Å²) in [5, 5.41) is 3.34. The highest BCUT2D eigenvalue weighted by atomic mass is 79.9. The molecule has 0 bridgehead atoms. The molecule has 0 saturated carbocycles. The molecule has 0 aliphatic rings. The van der Waals surface area contributed by atoms with Gasteiger partial charge in [-0.05, 0) is 30.7 Å². The van der Waals surface area contributed by atoms with Gasteiger partial charge in [-0.2, -0.15) is 0 Å². The molecule has 4 nitrogen and oxygen atoms in total. The van der Waals surface area contributed by atoms with Crippen LogP contribution in [0.4, 0.5) is 9.52 Å². The molecule has 7 heteroatoms. The summed E-state index contributed by atoms with van der Waals surface area (Å²) in [4.78, 5) is 16.1. The van der Waals surface area contributed by atoms with E-state index in [-0.39, 0.29) is 23.2 Å². The second kappa shape index (κ2) is 7.93. The Morgan fingerprint density at radius 3 is 2.92 bits per heavy atom. The van der Waals surface area contributed by atoms with E-state index >= 15 is 0 Å². The van der Waals surface area contributed by atoms with Gasteiger partial charge in [0.15, 0.2) is 5.13 Å². The van der Waals surface area contributed by atoms with Crippen LogP contribution in [0, 0.1) is 5.82 Å². The van der Waals surface area contributed by atoms with Gasteiger partial charge in [0.2, 0.25) is 5.91 Å². The number of hydrogen-bond donors (Lipinski definition) is 1. The summed E-state index contributed by atoms with van der Waals surface area (Å²) in [6.07, 6.45) is 0.699. The molecule has 0 radical (unpaired) electrons. The standard InChI is InChI=1S/C18H16BrFN2O2S/c1-2-13(19)17(23)22-18-21-15-8-7-12(9-16(15)25-18)24-10-11-5-3-4-6-14(11)20/h3-9,13H,2,10H2,1H3,(H,21,22,23)/t13-/m1/s1. The number of thiazole rings is 1. The van der Waals surface area contributed by atoms with E-state index in [1.165, 1.54) is 17.4 Å². The lowest BCUT2D eigenvalue weighted by atomic mass is 10.2. The van der Waals surface area contributed by atoms with Gasteiger partial charge in [0.1, 0.15) is 18.2 Å². The van der Waals surface area contributed by atoms with Gasteiger partial charge in [0, 0.05) is 5.56 Å². The maximum atomic E-state index is 13.6.